The summed E-state index contributed by atoms with van der Waals surface area (Å²) in [5, 5.41) is 0. The van der Waals surface area contributed by atoms with Crippen molar-refractivity contribution in [3.63, 3.8) is 0 Å². The Morgan fingerprint density at radius 1 is 1.47 bits per heavy atom. The third-order valence-corrected chi connectivity index (χ3v) is 2.88. The van der Waals surface area contributed by atoms with Crippen molar-refractivity contribution in [3.8, 4) is 0 Å². The van der Waals surface area contributed by atoms with Crippen LogP contribution < -0.4 is 5.56 Å². The van der Waals surface area contributed by atoms with Crippen LogP contribution in [0.1, 0.15) is 10.4 Å². The van der Waals surface area contributed by atoms with Gasteiger partial charge in [0, 0.05) is 31.4 Å². The molecule has 19 heavy (non-hydrogen) atoms. The van der Waals surface area contributed by atoms with Gasteiger partial charge in [-0.1, -0.05) is 0 Å². The maximum Gasteiger partial charge on any atom is 0.288 e. The Morgan fingerprint density at radius 3 is 2.89 bits per heavy atom. The minimum Gasteiger partial charge on any atom is -0.373 e. The van der Waals surface area contributed by atoms with Crippen LogP contribution in [0.25, 0.3) is 0 Å². The fraction of sp³-hybridized carbons (Fsp3) is 0.500. The van der Waals surface area contributed by atoms with Crippen LogP contribution in [0.4, 0.5) is 8.78 Å². The van der Waals surface area contributed by atoms with Crippen molar-refractivity contribution in [3.05, 3.63) is 34.2 Å². The molecule has 0 saturated carbocycles. The van der Waals surface area contributed by atoms with Crippen molar-refractivity contribution in [1.29, 1.82) is 0 Å². The van der Waals surface area contributed by atoms with Crippen molar-refractivity contribution in [2.45, 2.75) is 5.92 Å². The number of hydrogen-bond acceptors (Lipinski definition) is 3. The van der Waals surface area contributed by atoms with Crippen LogP contribution in [0.3, 0.4) is 0 Å². The third-order valence-electron chi connectivity index (χ3n) is 2.88. The topological polar surface area (TPSA) is 51.5 Å². The van der Waals surface area contributed by atoms with Crippen molar-refractivity contribution < 1.29 is 18.3 Å². The number of aromatic nitrogens is 1. The smallest absolute Gasteiger partial charge is 0.288 e. The summed E-state index contributed by atoms with van der Waals surface area (Å²) in [6.07, 6.45) is 1.43. The SMILES string of the molecule is Cn1ccc(C(=O)N2CCOCC(F)(F)C2)cc1=O. The Hall–Kier alpha value is -1.76. The van der Waals surface area contributed by atoms with Gasteiger partial charge in [0.2, 0.25) is 0 Å². The third kappa shape index (κ3) is 3.17. The number of alkyl halides is 2. The maximum atomic E-state index is 13.3. The van der Waals surface area contributed by atoms with Crippen LogP contribution in [-0.4, -0.2) is 47.6 Å². The molecule has 0 atom stereocenters. The largest absolute Gasteiger partial charge is 0.373 e. The number of ether oxygens (including phenoxy) is 1. The molecule has 0 aliphatic carbocycles. The van der Waals surface area contributed by atoms with Crippen LogP contribution in [0.5, 0.6) is 0 Å². The summed E-state index contributed by atoms with van der Waals surface area (Å²) in [7, 11) is 1.55. The van der Waals surface area contributed by atoms with Crippen LogP contribution >= 0.6 is 0 Å². The number of aryl methyl sites for hydroxylation is 1. The number of carbonyl (C=O) groups is 1. The lowest BCUT2D eigenvalue weighted by Crippen LogP contribution is -2.41. The summed E-state index contributed by atoms with van der Waals surface area (Å²) >= 11 is 0. The molecule has 5 nitrogen and oxygen atoms in total. The second-order valence-corrected chi connectivity index (χ2v) is 4.50. The minimum atomic E-state index is -3.06. The molecule has 1 fully saturated rings. The molecule has 1 aromatic heterocycles. The fourth-order valence-electron chi connectivity index (χ4n) is 1.84. The number of nitrogens with zero attached hydrogens (tertiary/aromatic N) is 2. The zero-order valence-corrected chi connectivity index (χ0v) is 10.4. The molecule has 0 spiro atoms. The second kappa shape index (κ2) is 5.08. The van der Waals surface area contributed by atoms with Gasteiger partial charge in [-0.15, -0.1) is 0 Å². The summed E-state index contributed by atoms with van der Waals surface area (Å²) in [6, 6.07) is 2.58. The molecule has 1 aromatic rings. The highest BCUT2D eigenvalue weighted by atomic mass is 19.3. The van der Waals surface area contributed by atoms with Crippen molar-refractivity contribution in [2.75, 3.05) is 26.3 Å². The molecule has 0 unspecified atom stereocenters. The van der Waals surface area contributed by atoms with Crippen LogP contribution in [0.15, 0.2) is 23.1 Å². The van der Waals surface area contributed by atoms with Crippen molar-refractivity contribution in [2.24, 2.45) is 7.05 Å². The van der Waals surface area contributed by atoms with E-state index in [1.807, 2.05) is 0 Å². The van der Waals surface area contributed by atoms with Crippen LogP contribution in [-0.2, 0) is 11.8 Å². The number of halogens is 2. The number of pyridine rings is 1. The van der Waals surface area contributed by atoms with Gasteiger partial charge in [0.05, 0.1) is 13.2 Å². The highest BCUT2D eigenvalue weighted by Crippen LogP contribution is 2.19. The second-order valence-electron chi connectivity index (χ2n) is 4.50. The average molecular weight is 272 g/mol. The van der Waals surface area contributed by atoms with Gasteiger partial charge in [-0.25, -0.2) is 8.78 Å². The lowest BCUT2D eigenvalue weighted by molar-refractivity contribution is -0.0660. The van der Waals surface area contributed by atoms with Crippen LogP contribution in [0, 0.1) is 0 Å². The van der Waals surface area contributed by atoms with E-state index in [-0.39, 0.29) is 24.3 Å². The molecule has 2 heterocycles. The first-order valence-electron chi connectivity index (χ1n) is 5.81. The molecular formula is C12H14F2N2O3. The van der Waals surface area contributed by atoms with Gasteiger partial charge in [0.1, 0.15) is 6.61 Å². The van der Waals surface area contributed by atoms with Crippen LogP contribution in [0.2, 0.25) is 0 Å². The molecule has 0 N–H and O–H groups in total. The Kier molecular flexibility index (Phi) is 3.66. The number of amides is 1. The molecule has 0 radical (unpaired) electrons. The summed E-state index contributed by atoms with van der Waals surface area (Å²) in [5.74, 6) is -3.64. The standard InChI is InChI=1S/C12H14F2N2O3/c1-15-3-2-9(6-10(15)17)11(18)16-4-5-19-8-12(13,14)7-16/h2-3,6H,4-5,7-8H2,1H3. The lowest BCUT2D eigenvalue weighted by atomic mass is 10.2. The van der Waals surface area contributed by atoms with Gasteiger partial charge >= 0.3 is 0 Å². The van der Waals surface area contributed by atoms with E-state index in [0.29, 0.717) is 0 Å². The quantitative estimate of drug-likeness (QED) is 0.747. The zero-order chi connectivity index (χ0) is 14.0. The van der Waals surface area contributed by atoms with Gasteiger partial charge < -0.3 is 14.2 Å². The van der Waals surface area contributed by atoms with Gasteiger partial charge in [-0.2, -0.15) is 0 Å². The molecule has 104 valence electrons. The Bertz CT molecular complexity index is 542. The van der Waals surface area contributed by atoms with E-state index in [2.05, 4.69) is 0 Å². The van der Waals surface area contributed by atoms with E-state index in [4.69, 9.17) is 4.74 Å². The van der Waals surface area contributed by atoms with E-state index >= 15 is 0 Å². The van der Waals surface area contributed by atoms with Crippen molar-refractivity contribution in [1.82, 2.24) is 9.47 Å². The normalized spacial score (nSPS) is 19.0. The summed E-state index contributed by atoms with van der Waals surface area (Å²) in [4.78, 5) is 24.6. The molecule has 0 bridgehead atoms. The van der Waals surface area contributed by atoms with Gasteiger partial charge in [-0.05, 0) is 6.07 Å². The monoisotopic (exact) mass is 272 g/mol. The highest BCUT2D eigenvalue weighted by Gasteiger charge is 2.36. The first kappa shape index (κ1) is 13.7. The minimum absolute atomic E-state index is 0.0617. The number of rotatable bonds is 1. The molecule has 1 amide bonds. The van der Waals surface area contributed by atoms with E-state index < -0.39 is 25.0 Å². The molecule has 7 heteroatoms. The summed E-state index contributed by atoms with van der Waals surface area (Å²) < 4.78 is 32.8. The average Bonchev–Trinajstić information content (AvgIpc) is 2.53. The Morgan fingerprint density at radius 2 is 2.21 bits per heavy atom. The molecular weight excluding hydrogens is 258 g/mol. The lowest BCUT2D eigenvalue weighted by Gasteiger charge is -2.23. The fourth-order valence-corrected chi connectivity index (χ4v) is 1.84. The predicted molar refractivity (Wildman–Crippen MR) is 63.4 cm³/mol. The maximum absolute atomic E-state index is 13.3. The zero-order valence-electron chi connectivity index (χ0n) is 10.4. The highest BCUT2D eigenvalue weighted by molar-refractivity contribution is 5.94. The van der Waals surface area contributed by atoms with E-state index in [1.54, 1.807) is 7.05 Å². The molecule has 2 rings (SSSR count). The molecule has 0 aromatic carbocycles. The first-order valence-corrected chi connectivity index (χ1v) is 5.81. The Balaban J connectivity index is 2.22. The number of carbonyl (C=O) groups excluding carboxylic acids is 1. The Labute approximate surface area is 108 Å². The predicted octanol–water partition coefficient (Wildman–Crippen LogP) is 0.493. The summed E-state index contributed by atoms with van der Waals surface area (Å²) in [5.41, 5.74) is -0.246. The van der Waals surface area contributed by atoms with Gasteiger partial charge in [-0.3, -0.25) is 9.59 Å². The van der Waals surface area contributed by atoms with E-state index in [9.17, 15) is 18.4 Å². The van der Waals surface area contributed by atoms with Gasteiger partial charge in [0.25, 0.3) is 17.4 Å². The van der Waals surface area contributed by atoms with Gasteiger partial charge in [0.15, 0.2) is 0 Å². The molecule has 1 aliphatic rings. The number of hydrogen-bond donors (Lipinski definition) is 0. The van der Waals surface area contributed by atoms with E-state index in [1.165, 1.54) is 16.8 Å². The summed E-state index contributed by atoms with van der Waals surface area (Å²) in [6.45, 7) is -1.23. The molecule has 1 saturated heterocycles. The first-order chi connectivity index (χ1) is 8.89. The van der Waals surface area contributed by atoms with Crippen molar-refractivity contribution >= 4 is 5.91 Å². The van der Waals surface area contributed by atoms with E-state index in [0.717, 1.165) is 11.0 Å². The molecule has 1 aliphatic heterocycles.